The van der Waals surface area contributed by atoms with Crippen molar-refractivity contribution in [1.29, 1.82) is 0 Å². The van der Waals surface area contributed by atoms with Crippen molar-refractivity contribution in [2.75, 3.05) is 0 Å². The van der Waals surface area contributed by atoms with Crippen LogP contribution in [0.15, 0.2) is 0 Å². The Morgan fingerprint density at radius 1 is 0.793 bits per heavy atom. The van der Waals surface area contributed by atoms with Gasteiger partial charge < -0.3 is 10.2 Å². The topological polar surface area (TPSA) is 40.5 Å². The van der Waals surface area contributed by atoms with E-state index in [9.17, 15) is 10.2 Å². The number of terminal acetylenes is 1. The molecule has 4 atom stereocenters. The molecule has 168 valence electrons. The summed E-state index contributed by atoms with van der Waals surface area (Å²) >= 11 is 0. The molecule has 0 fully saturated rings. The molecular formula is C27H48O2. The fraction of sp³-hybridized carbons (Fsp3) is 0.852. The lowest BCUT2D eigenvalue weighted by atomic mass is 9.75. The average molecular weight is 405 g/mol. The monoisotopic (exact) mass is 404 g/mol. The van der Waals surface area contributed by atoms with Crippen LogP contribution in [0.5, 0.6) is 0 Å². The predicted octanol–water partition coefficient (Wildman–Crippen LogP) is 6.94. The Morgan fingerprint density at radius 3 is 1.97 bits per heavy atom. The van der Waals surface area contributed by atoms with Crippen LogP contribution >= 0.6 is 0 Å². The van der Waals surface area contributed by atoms with Crippen molar-refractivity contribution in [1.82, 2.24) is 0 Å². The first-order chi connectivity index (χ1) is 14.0. The summed E-state index contributed by atoms with van der Waals surface area (Å²) in [5, 5.41) is 18.9. The van der Waals surface area contributed by atoms with Gasteiger partial charge in [0.1, 0.15) is 0 Å². The number of hydrogen-bond donors (Lipinski definition) is 2. The van der Waals surface area contributed by atoms with Gasteiger partial charge in [0.05, 0.1) is 0 Å². The van der Waals surface area contributed by atoms with Gasteiger partial charge in [-0.05, 0) is 56.8 Å². The van der Waals surface area contributed by atoms with Gasteiger partial charge in [0.25, 0.3) is 0 Å². The molecule has 0 aliphatic carbocycles. The zero-order valence-corrected chi connectivity index (χ0v) is 19.8. The van der Waals surface area contributed by atoms with Gasteiger partial charge in [-0.3, -0.25) is 0 Å². The van der Waals surface area contributed by atoms with Crippen LogP contribution in [0.25, 0.3) is 0 Å². The van der Waals surface area contributed by atoms with Gasteiger partial charge in [0, 0.05) is 18.8 Å². The van der Waals surface area contributed by atoms with Crippen LogP contribution in [0, 0.1) is 47.9 Å². The summed E-state index contributed by atoms with van der Waals surface area (Å²) in [7, 11) is 0. The van der Waals surface area contributed by atoms with Crippen molar-refractivity contribution >= 4 is 0 Å². The van der Waals surface area contributed by atoms with E-state index in [0.717, 1.165) is 38.5 Å². The predicted molar refractivity (Wildman–Crippen MR) is 126 cm³/mol. The highest BCUT2D eigenvalue weighted by Crippen LogP contribution is 2.35. The minimum absolute atomic E-state index is 0.357. The van der Waals surface area contributed by atoms with Crippen LogP contribution in [-0.4, -0.2) is 16.5 Å². The summed E-state index contributed by atoms with van der Waals surface area (Å²) in [4.78, 5) is 0. The maximum absolute atomic E-state index is 9.46. The molecule has 0 heterocycles. The Kier molecular flexibility index (Phi) is 18.4. The first kappa shape index (κ1) is 28.0. The highest BCUT2D eigenvalue weighted by atomic mass is 16.5. The second kappa shape index (κ2) is 19.0. The Bertz CT molecular complexity index is 465. The van der Waals surface area contributed by atoms with Crippen LogP contribution in [-0.2, 0) is 0 Å². The average Bonchev–Trinajstić information content (AvgIpc) is 2.70. The molecule has 29 heavy (non-hydrogen) atoms. The molecule has 0 rings (SSSR count). The third kappa shape index (κ3) is 14.6. The molecule has 0 aliphatic rings. The lowest BCUT2D eigenvalue weighted by molar-refractivity contribution is -0.0585. The van der Waals surface area contributed by atoms with E-state index in [1.165, 1.54) is 44.9 Å². The minimum atomic E-state index is -1.20. The lowest BCUT2D eigenvalue weighted by Gasteiger charge is -2.30. The first-order valence-corrected chi connectivity index (χ1v) is 12.2. The second-order valence-electron chi connectivity index (χ2n) is 8.82. The summed E-state index contributed by atoms with van der Waals surface area (Å²) in [5.74, 6) is 11.3. The van der Waals surface area contributed by atoms with Crippen molar-refractivity contribution in [2.24, 2.45) is 23.7 Å². The standard InChI is InChI=1S/C27H48O2/c1-6-11-14-17-24(20-23(9-4)22-27(28)29)21-26(19-16-13-8-3)25(10-5)18-15-12-7-2/h5,23-29H,7-9,12-22H2,1-4H3. The first-order valence-electron chi connectivity index (χ1n) is 12.2. The number of unbranched alkanes of at least 4 members (excludes halogenated alkanes) is 4. The Balaban J connectivity index is 5.21. The number of aliphatic hydroxyl groups excluding tert-OH is 1. The molecule has 0 bridgehead atoms. The van der Waals surface area contributed by atoms with Crippen molar-refractivity contribution in [3.05, 3.63) is 0 Å². The number of rotatable bonds is 18. The molecule has 2 nitrogen and oxygen atoms in total. The van der Waals surface area contributed by atoms with E-state index in [2.05, 4.69) is 38.5 Å². The molecule has 0 aromatic heterocycles. The van der Waals surface area contributed by atoms with E-state index < -0.39 is 6.29 Å². The van der Waals surface area contributed by atoms with Gasteiger partial charge in [-0.1, -0.05) is 65.7 Å². The van der Waals surface area contributed by atoms with E-state index in [1.807, 2.05) is 6.92 Å². The van der Waals surface area contributed by atoms with Gasteiger partial charge in [0.2, 0.25) is 0 Å². The molecule has 0 aliphatic heterocycles. The van der Waals surface area contributed by atoms with Gasteiger partial charge in [-0.2, -0.15) is 0 Å². The maximum Gasteiger partial charge on any atom is 0.151 e. The molecular weight excluding hydrogens is 356 g/mol. The lowest BCUT2D eigenvalue weighted by Crippen LogP contribution is -2.21. The second-order valence-corrected chi connectivity index (χ2v) is 8.82. The molecule has 0 aromatic carbocycles. The highest BCUT2D eigenvalue weighted by Gasteiger charge is 2.25. The normalized spacial score (nSPS) is 15.2. The van der Waals surface area contributed by atoms with Gasteiger partial charge in [-0.25, -0.2) is 0 Å². The molecule has 2 N–H and O–H groups in total. The number of hydrogen-bond acceptors (Lipinski definition) is 2. The summed E-state index contributed by atoms with van der Waals surface area (Å²) < 4.78 is 0. The van der Waals surface area contributed by atoms with Crippen molar-refractivity contribution < 1.29 is 10.2 Å². The molecule has 0 saturated carbocycles. The largest absolute Gasteiger partial charge is 0.368 e. The molecule has 0 aromatic rings. The Hall–Kier alpha value is -0.960. The molecule has 0 amide bonds. The van der Waals surface area contributed by atoms with Crippen LogP contribution < -0.4 is 0 Å². The Labute approximate surface area is 182 Å². The van der Waals surface area contributed by atoms with Gasteiger partial charge in [-0.15, -0.1) is 24.2 Å². The van der Waals surface area contributed by atoms with Crippen LogP contribution in [0.1, 0.15) is 118 Å². The molecule has 0 radical (unpaired) electrons. The van der Waals surface area contributed by atoms with E-state index >= 15 is 0 Å². The smallest absolute Gasteiger partial charge is 0.151 e. The van der Waals surface area contributed by atoms with Crippen LogP contribution in [0.2, 0.25) is 0 Å². The zero-order chi connectivity index (χ0) is 21.9. The van der Waals surface area contributed by atoms with E-state index in [4.69, 9.17) is 6.42 Å². The summed E-state index contributed by atoms with van der Waals surface area (Å²) in [6, 6.07) is 0. The zero-order valence-electron chi connectivity index (χ0n) is 19.8. The van der Waals surface area contributed by atoms with Crippen LogP contribution in [0.3, 0.4) is 0 Å². The van der Waals surface area contributed by atoms with Gasteiger partial charge in [0.15, 0.2) is 6.29 Å². The summed E-state index contributed by atoms with van der Waals surface area (Å²) in [6.07, 6.45) is 20.4. The molecule has 2 heteroatoms. The summed E-state index contributed by atoms with van der Waals surface area (Å²) in [5.41, 5.74) is 0. The van der Waals surface area contributed by atoms with Crippen molar-refractivity contribution in [3.63, 3.8) is 0 Å². The van der Waals surface area contributed by atoms with E-state index in [1.54, 1.807) is 0 Å². The SMILES string of the molecule is C#CC(CCCCC)C(CCCCC)CC(CCC#CC)CC(CC)CC(O)O. The Morgan fingerprint density at radius 2 is 1.45 bits per heavy atom. The van der Waals surface area contributed by atoms with E-state index in [0.29, 0.717) is 30.1 Å². The van der Waals surface area contributed by atoms with Crippen LogP contribution in [0.4, 0.5) is 0 Å². The minimum Gasteiger partial charge on any atom is -0.368 e. The quantitative estimate of drug-likeness (QED) is 0.147. The maximum atomic E-state index is 9.46. The fourth-order valence-corrected chi connectivity index (χ4v) is 4.57. The third-order valence-corrected chi connectivity index (χ3v) is 6.36. The summed E-state index contributed by atoms with van der Waals surface area (Å²) in [6.45, 7) is 8.56. The van der Waals surface area contributed by atoms with Crippen molar-refractivity contribution in [3.8, 4) is 24.2 Å². The molecule has 4 unspecified atom stereocenters. The van der Waals surface area contributed by atoms with E-state index in [-0.39, 0.29) is 0 Å². The van der Waals surface area contributed by atoms with Crippen molar-refractivity contribution in [2.45, 2.75) is 124 Å². The molecule has 0 spiro atoms. The number of aliphatic hydroxyl groups is 2. The fourth-order valence-electron chi connectivity index (χ4n) is 4.57. The highest BCUT2D eigenvalue weighted by molar-refractivity contribution is 4.98. The third-order valence-electron chi connectivity index (χ3n) is 6.36. The van der Waals surface area contributed by atoms with Gasteiger partial charge >= 0.3 is 0 Å². The molecule has 0 saturated heterocycles.